The van der Waals surface area contributed by atoms with Gasteiger partial charge in [-0.3, -0.25) is 9.59 Å². The van der Waals surface area contributed by atoms with Crippen molar-refractivity contribution < 1.29 is 14.3 Å². The lowest BCUT2D eigenvalue weighted by molar-refractivity contribution is -0.115. The summed E-state index contributed by atoms with van der Waals surface area (Å²) in [5, 5.41) is 13.2. The van der Waals surface area contributed by atoms with Gasteiger partial charge in [0, 0.05) is 11.3 Å². The van der Waals surface area contributed by atoms with E-state index in [1.807, 2.05) is 12.1 Å². The summed E-state index contributed by atoms with van der Waals surface area (Å²) in [6.45, 7) is 1.77. The van der Waals surface area contributed by atoms with Crippen LogP contribution in [0, 0.1) is 0 Å². The predicted octanol–water partition coefficient (Wildman–Crippen LogP) is 3.50. The van der Waals surface area contributed by atoms with Crippen molar-refractivity contribution in [3.05, 3.63) is 54.1 Å². The number of carbonyl (C=O) groups is 2. The fourth-order valence-corrected chi connectivity index (χ4v) is 4.14. The quantitative estimate of drug-likeness (QED) is 0.492. The Morgan fingerprint density at radius 2 is 1.83 bits per heavy atom. The van der Waals surface area contributed by atoms with Gasteiger partial charge in [0.25, 0.3) is 5.91 Å². The minimum absolute atomic E-state index is 0.185. The minimum atomic E-state index is -0.379. The topological polar surface area (TPSA) is 119 Å². The number of amides is 2. The second kappa shape index (κ2) is 9.39. The summed E-state index contributed by atoms with van der Waals surface area (Å²) < 4.78 is 5.87. The van der Waals surface area contributed by atoms with Crippen LogP contribution in [0.3, 0.4) is 0 Å². The Hall–Kier alpha value is -3.11. The van der Waals surface area contributed by atoms with Crippen LogP contribution in [0.25, 0.3) is 0 Å². The third-order valence-electron chi connectivity index (χ3n) is 3.84. The van der Waals surface area contributed by atoms with Gasteiger partial charge in [-0.25, -0.2) is 0 Å². The Morgan fingerprint density at radius 1 is 1.10 bits per heavy atom. The molecule has 0 aliphatic rings. The Balaban J connectivity index is 1.59. The highest BCUT2D eigenvalue weighted by Crippen LogP contribution is 2.28. The molecule has 4 N–H and O–H groups in total. The van der Waals surface area contributed by atoms with Crippen LogP contribution in [0.5, 0.6) is 5.75 Å². The summed E-state index contributed by atoms with van der Waals surface area (Å²) in [6.07, 6.45) is 0. The second-order valence-corrected chi connectivity index (χ2v) is 8.48. The highest BCUT2D eigenvalue weighted by Gasteiger charge is 2.17. The fourth-order valence-electron chi connectivity index (χ4n) is 2.36. The predicted molar refractivity (Wildman–Crippen MR) is 116 cm³/mol. The molecule has 2 aromatic carbocycles. The molecule has 1 aromatic heterocycles. The van der Waals surface area contributed by atoms with Crippen molar-refractivity contribution in [1.82, 2.24) is 10.2 Å². The molecule has 8 nitrogen and oxygen atoms in total. The van der Waals surface area contributed by atoms with E-state index in [-0.39, 0.29) is 17.1 Å². The molecule has 1 unspecified atom stereocenters. The van der Waals surface area contributed by atoms with E-state index in [1.54, 1.807) is 50.4 Å². The largest absolute Gasteiger partial charge is 0.495 e. The number of para-hydroxylation sites is 2. The van der Waals surface area contributed by atoms with Crippen molar-refractivity contribution in [2.75, 3.05) is 23.5 Å². The van der Waals surface area contributed by atoms with Crippen LogP contribution in [-0.2, 0) is 4.79 Å². The number of methoxy groups -OCH3 is 1. The lowest BCUT2D eigenvalue weighted by Gasteiger charge is -2.12. The number of carbonyl (C=O) groups excluding carboxylic acids is 2. The number of nitrogens with two attached hydrogens (primary N) is 1. The molecule has 0 saturated heterocycles. The number of anilines is 3. The Morgan fingerprint density at radius 3 is 2.48 bits per heavy atom. The van der Waals surface area contributed by atoms with Gasteiger partial charge < -0.3 is 21.1 Å². The first kappa shape index (κ1) is 20.6. The third kappa shape index (κ3) is 5.46. The molecule has 0 bridgehead atoms. The summed E-state index contributed by atoms with van der Waals surface area (Å²) in [6, 6.07) is 13.8. The van der Waals surface area contributed by atoms with E-state index in [0.717, 1.165) is 0 Å². The van der Waals surface area contributed by atoms with Crippen molar-refractivity contribution in [1.29, 1.82) is 0 Å². The van der Waals surface area contributed by atoms with Gasteiger partial charge >= 0.3 is 0 Å². The van der Waals surface area contributed by atoms with E-state index in [9.17, 15) is 9.59 Å². The van der Waals surface area contributed by atoms with Gasteiger partial charge in [0.05, 0.1) is 18.0 Å². The maximum atomic E-state index is 12.4. The maximum absolute atomic E-state index is 12.4. The van der Waals surface area contributed by atoms with Crippen LogP contribution >= 0.6 is 23.1 Å². The highest BCUT2D eigenvalue weighted by molar-refractivity contribution is 8.02. The maximum Gasteiger partial charge on any atom is 0.255 e. The standard InChI is InChI=1S/C19H19N5O3S2/c1-11(28-19-24-23-18(20)29-19)16(25)21-13-9-7-12(8-10-13)17(26)22-14-5-3-4-6-15(14)27-2/h3-11H,1-2H3,(H2,20,23)(H,21,25)(H,22,26). The number of hydrogen-bond donors (Lipinski definition) is 3. The van der Waals surface area contributed by atoms with Crippen molar-refractivity contribution in [2.45, 2.75) is 16.5 Å². The molecule has 3 aromatic rings. The van der Waals surface area contributed by atoms with Gasteiger partial charge in [-0.2, -0.15) is 0 Å². The zero-order chi connectivity index (χ0) is 20.8. The van der Waals surface area contributed by atoms with E-state index in [1.165, 1.54) is 23.1 Å². The van der Waals surface area contributed by atoms with E-state index in [2.05, 4.69) is 20.8 Å². The molecule has 0 saturated carbocycles. The molecule has 0 radical (unpaired) electrons. The Bertz CT molecular complexity index is 1010. The van der Waals surface area contributed by atoms with E-state index in [0.29, 0.717) is 32.2 Å². The zero-order valence-electron chi connectivity index (χ0n) is 15.7. The van der Waals surface area contributed by atoms with Gasteiger partial charge in [-0.15, -0.1) is 10.2 Å². The third-order valence-corrected chi connectivity index (χ3v) is 5.78. The molecular weight excluding hydrogens is 410 g/mol. The molecule has 1 atom stereocenters. The normalized spacial score (nSPS) is 11.5. The molecular formula is C19H19N5O3S2. The lowest BCUT2D eigenvalue weighted by atomic mass is 10.2. The number of nitrogens with zero attached hydrogens (tertiary/aromatic N) is 2. The molecule has 10 heteroatoms. The van der Waals surface area contributed by atoms with Gasteiger partial charge in [0.2, 0.25) is 11.0 Å². The van der Waals surface area contributed by atoms with Gasteiger partial charge in [-0.05, 0) is 43.3 Å². The zero-order valence-corrected chi connectivity index (χ0v) is 17.3. The van der Waals surface area contributed by atoms with Crippen LogP contribution in [0.2, 0.25) is 0 Å². The van der Waals surface area contributed by atoms with Crippen molar-refractivity contribution in [2.24, 2.45) is 0 Å². The van der Waals surface area contributed by atoms with E-state index in [4.69, 9.17) is 10.5 Å². The molecule has 0 aliphatic carbocycles. The first-order valence-electron chi connectivity index (χ1n) is 8.57. The van der Waals surface area contributed by atoms with Crippen LogP contribution in [0.1, 0.15) is 17.3 Å². The number of rotatable bonds is 7. The number of nitrogen functional groups attached to an aromatic ring is 1. The Labute approximate surface area is 175 Å². The Kier molecular flexibility index (Phi) is 6.68. The molecule has 2 amide bonds. The molecule has 0 fully saturated rings. The summed E-state index contributed by atoms with van der Waals surface area (Å²) >= 11 is 2.51. The molecule has 29 heavy (non-hydrogen) atoms. The summed E-state index contributed by atoms with van der Waals surface area (Å²) in [5.41, 5.74) is 7.18. The number of hydrogen-bond acceptors (Lipinski definition) is 8. The van der Waals surface area contributed by atoms with E-state index >= 15 is 0 Å². The highest BCUT2D eigenvalue weighted by atomic mass is 32.2. The van der Waals surface area contributed by atoms with Crippen LogP contribution < -0.4 is 21.1 Å². The van der Waals surface area contributed by atoms with Gasteiger partial charge in [0.1, 0.15) is 5.75 Å². The monoisotopic (exact) mass is 429 g/mol. The van der Waals surface area contributed by atoms with E-state index < -0.39 is 0 Å². The smallest absolute Gasteiger partial charge is 0.255 e. The van der Waals surface area contributed by atoms with Crippen molar-refractivity contribution >= 4 is 51.4 Å². The number of benzene rings is 2. The molecule has 150 valence electrons. The summed E-state index contributed by atoms with van der Waals surface area (Å²) in [5.74, 6) is 0.119. The van der Waals surface area contributed by atoms with Gasteiger partial charge in [-0.1, -0.05) is 35.2 Å². The molecule has 1 heterocycles. The summed E-state index contributed by atoms with van der Waals surface area (Å²) in [4.78, 5) is 24.8. The van der Waals surface area contributed by atoms with Crippen molar-refractivity contribution in [3.8, 4) is 5.75 Å². The summed E-state index contributed by atoms with van der Waals surface area (Å²) in [7, 11) is 1.54. The average Bonchev–Trinajstić information content (AvgIpc) is 3.13. The average molecular weight is 430 g/mol. The van der Waals surface area contributed by atoms with Crippen LogP contribution in [-0.4, -0.2) is 34.4 Å². The first-order valence-corrected chi connectivity index (χ1v) is 10.3. The van der Waals surface area contributed by atoms with Crippen LogP contribution in [0.4, 0.5) is 16.5 Å². The number of nitrogens with one attached hydrogen (secondary N) is 2. The second-order valence-electron chi connectivity index (χ2n) is 5.89. The first-order chi connectivity index (χ1) is 14.0. The number of ether oxygens (including phenoxy) is 1. The van der Waals surface area contributed by atoms with Crippen LogP contribution in [0.15, 0.2) is 52.9 Å². The molecule has 3 rings (SSSR count). The molecule has 0 aliphatic heterocycles. The lowest BCUT2D eigenvalue weighted by Crippen LogP contribution is -2.22. The minimum Gasteiger partial charge on any atom is -0.495 e. The fraction of sp³-hybridized carbons (Fsp3) is 0.158. The van der Waals surface area contributed by atoms with Gasteiger partial charge in [0.15, 0.2) is 4.34 Å². The number of aromatic nitrogens is 2. The van der Waals surface area contributed by atoms with Crippen molar-refractivity contribution in [3.63, 3.8) is 0 Å². The number of thioether (sulfide) groups is 1. The molecule has 0 spiro atoms. The SMILES string of the molecule is COc1ccccc1NC(=O)c1ccc(NC(=O)C(C)Sc2nnc(N)s2)cc1.